The molecule has 1 fully saturated rings. The number of likely N-dealkylation sites (tertiary alicyclic amines) is 1. The molecular weight excluding hydrogens is 520 g/mol. The molecule has 5 aromatic rings. The highest BCUT2D eigenvalue weighted by Gasteiger charge is 2.21. The van der Waals surface area contributed by atoms with E-state index in [0.29, 0.717) is 27.6 Å². The van der Waals surface area contributed by atoms with Crippen molar-refractivity contribution in [2.45, 2.75) is 39.3 Å². The maximum absolute atomic E-state index is 9.88. The lowest BCUT2D eigenvalue weighted by molar-refractivity contribution is 0.331. The molecule has 7 nitrogen and oxygen atoms in total. The second-order valence-corrected chi connectivity index (χ2v) is 11.1. The van der Waals surface area contributed by atoms with E-state index in [9.17, 15) is 5.26 Å². The summed E-state index contributed by atoms with van der Waals surface area (Å²) in [5.74, 6) is 0.503. The number of nitriles is 1. The Morgan fingerprint density at radius 1 is 1.07 bits per heavy atom. The summed E-state index contributed by atoms with van der Waals surface area (Å²) in [7, 11) is 0. The fraction of sp³-hybridized carbons (Fsp3) is 0.281. The summed E-state index contributed by atoms with van der Waals surface area (Å²) in [6, 6.07) is 18.4. The molecule has 2 aromatic heterocycles. The number of hydrogen-bond acceptors (Lipinski definition) is 6. The third kappa shape index (κ3) is 4.39. The van der Waals surface area contributed by atoms with E-state index in [1.54, 1.807) is 0 Å². The van der Waals surface area contributed by atoms with Gasteiger partial charge in [-0.2, -0.15) is 10.4 Å². The fourth-order valence-corrected chi connectivity index (χ4v) is 6.31. The smallest absolute Gasteiger partial charge is 0.227 e. The minimum Gasteiger partial charge on any atom is -0.435 e. The van der Waals surface area contributed by atoms with Crippen LogP contribution >= 0.6 is 11.6 Å². The Bertz CT molecular complexity index is 1770. The van der Waals surface area contributed by atoms with Gasteiger partial charge in [-0.3, -0.25) is 4.90 Å². The summed E-state index contributed by atoms with van der Waals surface area (Å²) < 4.78 is 8.14. The number of benzene rings is 3. The molecule has 0 bridgehead atoms. The number of halogens is 1. The van der Waals surface area contributed by atoms with Gasteiger partial charge in [0.25, 0.3) is 0 Å². The average molecular weight is 549 g/mol. The summed E-state index contributed by atoms with van der Waals surface area (Å²) in [5.41, 5.74) is 9.85. The third-order valence-electron chi connectivity index (χ3n) is 8.10. The van der Waals surface area contributed by atoms with Crippen LogP contribution in [0, 0.1) is 18.3 Å². The zero-order chi connectivity index (χ0) is 27.2. The highest BCUT2D eigenvalue weighted by Crippen LogP contribution is 2.39. The van der Waals surface area contributed by atoms with Gasteiger partial charge in [0.15, 0.2) is 5.58 Å². The molecule has 1 N–H and O–H groups in total. The van der Waals surface area contributed by atoms with Crippen LogP contribution < -0.4 is 5.32 Å². The van der Waals surface area contributed by atoms with Gasteiger partial charge in [0.1, 0.15) is 11.6 Å². The van der Waals surface area contributed by atoms with Gasteiger partial charge >= 0.3 is 0 Å². The lowest BCUT2D eigenvalue weighted by Crippen LogP contribution is -2.22. The van der Waals surface area contributed by atoms with Crippen LogP contribution in [0.15, 0.2) is 59.1 Å². The second-order valence-electron chi connectivity index (χ2n) is 10.7. The van der Waals surface area contributed by atoms with Crippen molar-refractivity contribution in [2.24, 2.45) is 0 Å². The number of rotatable bonds is 5. The van der Waals surface area contributed by atoms with Crippen molar-refractivity contribution in [3.63, 3.8) is 0 Å². The van der Waals surface area contributed by atoms with Crippen LogP contribution in [0.5, 0.6) is 0 Å². The van der Waals surface area contributed by atoms with E-state index in [0.717, 1.165) is 78.3 Å². The molecule has 0 unspecified atom stereocenters. The quantitative estimate of drug-likeness (QED) is 0.273. The summed E-state index contributed by atoms with van der Waals surface area (Å²) in [5, 5.41) is 18.7. The van der Waals surface area contributed by atoms with Gasteiger partial charge in [0, 0.05) is 30.4 Å². The Labute approximate surface area is 238 Å². The van der Waals surface area contributed by atoms with Crippen LogP contribution in [-0.2, 0) is 19.5 Å². The van der Waals surface area contributed by atoms with E-state index in [-0.39, 0.29) is 0 Å². The number of nitrogens with zero attached hydrogens (tertiary/aromatic N) is 5. The first kappa shape index (κ1) is 25.0. The first-order chi connectivity index (χ1) is 19.6. The third-order valence-corrected chi connectivity index (χ3v) is 8.49. The van der Waals surface area contributed by atoms with Crippen molar-refractivity contribution >= 4 is 22.7 Å². The minimum absolute atomic E-state index is 0.503. The highest BCUT2D eigenvalue weighted by atomic mass is 35.5. The van der Waals surface area contributed by atoms with Crippen LogP contribution in [-0.4, -0.2) is 39.3 Å². The Kier molecular flexibility index (Phi) is 6.39. The molecule has 0 atom stereocenters. The molecular formula is C32H29ClN6O. The van der Waals surface area contributed by atoms with E-state index >= 15 is 0 Å². The Morgan fingerprint density at radius 3 is 2.70 bits per heavy atom. The van der Waals surface area contributed by atoms with Gasteiger partial charge in [-0.1, -0.05) is 35.9 Å². The topological polar surface area (TPSA) is 82.9 Å². The SMILES string of the molecule is Cc1c(-c2nc3cc(CN4CCCC4)cc(C#N)c3o2)cccc1-c1cccc(-n2cc3c(n2)CNCC3)c1Cl. The first-order valence-corrected chi connectivity index (χ1v) is 14.2. The number of fused-ring (bicyclic) bond motifs is 2. The van der Waals surface area contributed by atoms with Gasteiger partial charge in [-0.05, 0) is 92.3 Å². The van der Waals surface area contributed by atoms with Crippen molar-refractivity contribution in [1.82, 2.24) is 25.0 Å². The van der Waals surface area contributed by atoms with Crippen LogP contribution in [0.2, 0.25) is 5.02 Å². The van der Waals surface area contributed by atoms with Crippen molar-refractivity contribution in [2.75, 3.05) is 19.6 Å². The molecule has 0 aliphatic carbocycles. The van der Waals surface area contributed by atoms with Crippen LogP contribution in [0.3, 0.4) is 0 Å². The molecule has 0 radical (unpaired) electrons. The molecule has 2 aliphatic rings. The largest absolute Gasteiger partial charge is 0.435 e. The second kappa shape index (κ2) is 10.2. The highest BCUT2D eigenvalue weighted by molar-refractivity contribution is 6.35. The van der Waals surface area contributed by atoms with Crippen LogP contribution in [0.1, 0.15) is 40.8 Å². The van der Waals surface area contributed by atoms with Gasteiger partial charge in [-0.25, -0.2) is 9.67 Å². The summed E-state index contributed by atoms with van der Waals surface area (Å²) in [4.78, 5) is 7.28. The van der Waals surface area contributed by atoms with Crippen LogP contribution in [0.25, 0.3) is 39.4 Å². The van der Waals surface area contributed by atoms with E-state index < -0.39 is 0 Å². The molecule has 2 aliphatic heterocycles. The molecule has 4 heterocycles. The van der Waals surface area contributed by atoms with E-state index in [1.807, 2.05) is 41.1 Å². The van der Waals surface area contributed by atoms with Gasteiger partial charge < -0.3 is 9.73 Å². The lowest BCUT2D eigenvalue weighted by Gasteiger charge is -2.14. The summed E-state index contributed by atoms with van der Waals surface area (Å²) in [6.45, 7) is 6.82. The van der Waals surface area contributed by atoms with Crippen molar-refractivity contribution < 1.29 is 4.42 Å². The zero-order valence-corrected chi connectivity index (χ0v) is 23.1. The molecule has 40 heavy (non-hydrogen) atoms. The number of nitrogens with one attached hydrogen (secondary N) is 1. The predicted octanol–water partition coefficient (Wildman–Crippen LogP) is 6.42. The fourth-order valence-electron chi connectivity index (χ4n) is 6.00. The predicted molar refractivity (Wildman–Crippen MR) is 156 cm³/mol. The maximum atomic E-state index is 9.88. The average Bonchev–Trinajstić information content (AvgIpc) is 3.73. The van der Waals surface area contributed by atoms with Gasteiger partial charge in [0.05, 0.1) is 22.0 Å². The van der Waals surface area contributed by atoms with E-state index in [1.165, 1.54) is 18.4 Å². The maximum Gasteiger partial charge on any atom is 0.227 e. The molecule has 0 saturated carbocycles. The van der Waals surface area contributed by atoms with Crippen LogP contribution in [0.4, 0.5) is 0 Å². The Morgan fingerprint density at radius 2 is 1.88 bits per heavy atom. The van der Waals surface area contributed by atoms with Crippen molar-refractivity contribution in [3.8, 4) is 34.3 Å². The van der Waals surface area contributed by atoms with Gasteiger partial charge in [0.2, 0.25) is 5.89 Å². The normalized spacial score (nSPS) is 15.4. The number of oxazole rings is 1. The zero-order valence-electron chi connectivity index (χ0n) is 22.4. The van der Waals surface area contributed by atoms with Crippen molar-refractivity contribution in [1.29, 1.82) is 5.26 Å². The number of hydrogen-bond donors (Lipinski definition) is 1. The number of aromatic nitrogens is 3. The minimum atomic E-state index is 0.503. The van der Waals surface area contributed by atoms with Gasteiger partial charge in [-0.15, -0.1) is 0 Å². The summed E-state index contributed by atoms with van der Waals surface area (Å²) in [6.07, 6.45) is 5.51. The molecule has 200 valence electrons. The molecule has 1 saturated heterocycles. The Hall–Kier alpha value is -3.96. The summed E-state index contributed by atoms with van der Waals surface area (Å²) >= 11 is 7.05. The van der Waals surface area contributed by atoms with E-state index in [2.05, 4.69) is 41.5 Å². The monoisotopic (exact) mass is 548 g/mol. The standard InChI is InChI=1S/C32H29ClN6O/c1-20-24(26-8-5-9-29(30(26)33)39-19-22-10-11-35-17-28(22)37-39)6-4-7-25(20)32-36-27-15-21(18-38-12-2-3-13-38)14-23(16-34)31(27)40-32/h4-9,14-15,19,35H,2-3,10-13,17-18H2,1H3. The molecule has 0 spiro atoms. The molecule has 3 aromatic carbocycles. The lowest BCUT2D eigenvalue weighted by atomic mass is 9.96. The Balaban J connectivity index is 1.27. The van der Waals surface area contributed by atoms with Crippen molar-refractivity contribution in [3.05, 3.63) is 87.7 Å². The van der Waals surface area contributed by atoms with E-state index in [4.69, 9.17) is 26.1 Å². The first-order valence-electron chi connectivity index (χ1n) is 13.8. The molecule has 0 amide bonds. The molecule has 7 rings (SSSR count). The molecule has 8 heteroatoms.